The van der Waals surface area contributed by atoms with Crippen molar-refractivity contribution in [3.63, 3.8) is 0 Å². The van der Waals surface area contributed by atoms with Crippen molar-refractivity contribution in [2.75, 3.05) is 6.54 Å². The lowest BCUT2D eigenvalue weighted by molar-refractivity contribution is 0.189. The average molecular weight is 329 g/mol. The van der Waals surface area contributed by atoms with E-state index in [-0.39, 0.29) is 12.1 Å². The summed E-state index contributed by atoms with van der Waals surface area (Å²) < 4.78 is 5.28. The molecule has 0 spiro atoms. The van der Waals surface area contributed by atoms with Gasteiger partial charge in [0, 0.05) is 31.4 Å². The van der Waals surface area contributed by atoms with Gasteiger partial charge in [-0.2, -0.15) is 4.98 Å². The molecule has 2 aromatic heterocycles. The van der Waals surface area contributed by atoms with Crippen molar-refractivity contribution in [1.29, 1.82) is 0 Å². The SMILES string of the molecule is CCCN(Cc1ccncc1)C(=O)N[C@@H](C)c1nc(C2CC2)no1. The number of carbonyl (C=O) groups excluding carboxylic acids is 1. The van der Waals surface area contributed by atoms with E-state index in [4.69, 9.17) is 4.52 Å². The molecule has 1 N–H and O–H groups in total. The molecule has 0 unspecified atom stereocenters. The van der Waals surface area contributed by atoms with Crippen LogP contribution in [0.15, 0.2) is 29.0 Å². The summed E-state index contributed by atoms with van der Waals surface area (Å²) in [6.45, 7) is 5.14. The molecule has 0 bridgehead atoms. The zero-order valence-corrected chi connectivity index (χ0v) is 14.1. The van der Waals surface area contributed by atoms with Gasteiger partial charge in [0.25, 0.3) is 0 Å². The summed E-state index contributed by atoms with van der Waals surface area (Å²) in [7, 11) is 0. The molecule has 3 rings (SSSR count). The second-order valence-corrected chi connectivity index (χ2v) is 6.21. The number of hydrogen-bond acceptors (Lipinski definition) is 5. The first-order valence-electron chi connectivity index (χ1n) is 8.45. The third kappa shape index (κ3) is 4.10. The van der Waals surface area contributed by atoms with Crippen LogP contribution >= 0.6 is 0 Å². The van der Waals surface area contributed by atoms with E-state index >= 15 is 0 Å². The van der Waals surface area contributed by atoms with E-state index in [1.165, 1.54) is 0 Å². The van der Waals surface area contributed by atoms with Crippen LogP contribution < -0.4 is 5.32 Å². The third-order valence-corrected chi connectivity index (χ3v) is 4.01. The molecule has 1 fully saturated rings. The van der Waals surface area contributed by atoms with E-state index in [1.54, 1.807) is 17.3 Å². The molecule has 0 aliphatic heterocycles. The van der Waals surface area contributed by atoms with Gasteiger partial charge < -0.3 is 14.7 Å². The van der Waals surface area contributed by atoms with Crippen molar-refractivity contribution in [2.24, 2.45) is 0 Å². The number of rotatable bonds is 7. The quantitative estimate of drug-likeness (QED) is 0.844. The standard InChI is InChI=1S/C17H23N5O2/c1-3-10-22(11-13-6-8-18-9-7-13)17(23)19-12(2)16-20-15(21-24-16)14-4-5-14/h6-9,12,14H,3-5,10-11H2,1-2H3,(H,19,23)/t12-/m0/s1. The summed E-state index contributed by atoms with van der Waals surface area (Å²) in [6.07, 6.45) is 6.60. The van der Waals surface area contributed by atoms with Gasteiger partial charge in [0.15, 0.2) is 5.82 Å². The molecular formula is C17H23N5O2. The number of amides is 2. The molecule has 1 atom stereocenters. The molecule has 2 heterocycles. The van der Waals surface area contributed by atoms with Gasteiger partial charge in [-0.05, 0) is 43.9 Å². The Hall–Kier alpha value is -2.44. The van der Waals surface area contributed by atoms with Gasteiger partial charge in [-0.15, -0.1) is 0 Å². The van der Waals surface area contributed by atoms with E-state index < -0.39 is 0 Å². The van der Waals surface area contributed by atoms with E-state index in [9.17, 15) is 4.79 Å². The van der Waals surface area contributed by atoms with Crippen LogP contribution in [0.1, 0.15) is 62.3 Å². The number of carbonyl (C=O) groups is 1. The van der Waals surface area contributed by atoms with Crippen LogP contribution in [0.25, 0.3) is 0 Å². The minimum Gasteiger partial charge on any atom is -0.337 e. The van der Waals surface area contributed by atoms with Crippen molar-refractivity contribution in [3.05, 3.63) is 41.8 Å². The Labute approximate surface area is 141 Å². The summed E-state index contributed by atoms with van der Waals surface area (Å²) in [5, 5.41) is 6.95. The van der Waals surface area contributed by atoms with Gasteiger partial charge in [-0.25, -0.2) is 4.79 Å². The summed E-state index contributed by atoms with van der Waals surface area (Å²) in [4.78, 5) is 22.8. The van der Waals surface area contributed by atoms with Crippen molar-refractivity contribution < 1.29 is 9.32 Å². The highest BCUT2D eigenvalue weighted by Crippen LogP contribution is 2.38. The van der Waals surface area contributed by atoms with Gasteiger partial charge in [0.2, 0.25) is 5.89 Å². The zero-order valence-electron chi connectivity index (χ0n) is 14.1. The second kappa shape index (κ2) is 7.42. The highest BCUT2D eigenvalue weighted by atomic mass is 16.5. The van der Waals surface area contributed by atoms with Crippen molar-refractivity contribution in [2.45, 2.75) is 51.6 Å². The van der Waals surface area contributed by atoms with Crippen molar-refractivity contribution in [3.8, 4) is 0 Å². The molecule has 24 heavy (non-hydrogen) atoms. The molecule has 0 aromatic carbocycles. The number of nitrogens with zero attached hydrogens (tertiary/aromatic N) is 4. The molecule has 1 aliphatic rings. The number of nitrogens with one attached hydrogen (secondary N) is 1. The minimum absolute atomic E-state index is 0.132. The molecule has 7 nitrogen and oxygen atoms in total. The van der Waals surface area contributed by atoms with Gasteiger partial charge in [0.1, 0.15) is 6.04 Å². The fourth-order valence-electron chi connectivity index (χ4n) is 2.50. The highest BCUT2D eigenvalue weighted by molar-refractivity contribution is 5.74. The Kier molecular flexibility index (Phi) is 5.08. The third-order valence-electron chi connectivity index (χ3n) is 4.01. The van der Waals surface area contributed by atoms with Crippen LogP contribution in [-0.4, -0.2) is 32.6 Å². The Morgan fingerprint density at radius 3 is 2.83 bits per heavy atom. The second-order valence-electron chi connectivity index (χ2n) is 6.21. The first kappa shape index (κ1) is 16.4. The lowest BCUT2D eigenvalue weighted by Crippen LogP contribution is -2.41. The Morgan fingerprint density at radius 2 is 2.17 bits per heavy atom. The van der Waals surface area contributed by atoms with Crippen molar-refractivity contribution in [1.82, 2.24) is 25.3 Å². The fourth-order valence-corrected chi connectivity index (χ4v) is 2.50. The zero-order chi connectivity index (χ0) is 16.9. The van der Waals surface area contributed by atoms with E-state index in [0.717, 1.165) is 30.7 Å². The van der Waals surface area contributed by atoms with E-state index in [1.807, 2.05) is 19.1 Å². The predicted molar refractivity (Wildman–Crippen MR) is 88.2 cm³/mol. The van der Waals surface area contributed by atoms with Crippen LogP contribution in [0.5, 0.6) is 0 Å². The smallest absolute Gasteiger partial charge is 0.318 e. The van der Waals surface area contributed by atoms with Crippen LogP contribution in [0.4, 0.5) is 4.79 Å². The maximum Gasteiger partial charge on any atom is 0.318 e. The molecule has 0 saturated heterocycles. The Bertz CT molecular complexity index is 669. The normalized spacial score (nSPS) is 15.1. The topological polar surface area (TPSA) is 84.2 Å². The van der Waals surface area contributed by atoms with Crippen LogP contribution in [0.2, 0.25) is 0 Å². The molecule has 2 amide bonds. The molecule has 1 aliphatic carbocycles. The molecule has 128 valence electrons. The first-order chi connectivity index (χ1) is 11.7. The van der Waals surface area contributed by atoms with Crippen LogP contribution in [0.3, 0.4) is 0 Å². The molecule has 2 aromatic rings. The van der Waals surface area contributed by atoms with E-state index in [2.05, 4.69) is 27.4 Å². The molecule has 1 saturated carbocycles. The Balaban J connectivity index is 1.61. The lowest BCUT2D eigenvalue weighted by Gasteiger charge is -2.24. The first-order valence-corrected chi connectivity index (χ1v) is 8.45. The average Bonchev–Trinajstić information content (AvgIpc) is 3.32. The van der Waals surface area contributed by atoms with Crippen LogP contribution in [-0.2, 0) is 6.54 Å². The summed E-state index contributed by atoms with van der Waals surface area (Å²) in [5.41, 5.74) is 1.05. The van der Waals surface area contributed by atoms with Gasteiger partial charge in [-0.3, -0.25) is 4.98 Å². The maximum absolute atomic E-state index is 12.6. The monoisotopic (exact) mass is 329 g/mol. The largest absolute Gasteiger partial charge is 0.337 e. The van der Waals surface area contributed by atoms with Gasteiger partial charge in [0.05, 0.1) is 0 Å². The summed E-state index contributed by atoms with van der Waals surface area (Å²) in [6, 6.07) is 3.39. The number of hydrogen-bond donors (Lipinski definition) is 1. The van der Waals surface area contributed by atoms with Crippen LogP contribution in [0, 0.1) is 0 Å². The fraction of sp³-hybridized carbons (Fsp3) is 0.529. The molecular weight excluding hydrogens is 306 g/mol. The number of aromatic nitrogens is 3. The summed E-state index contributed by atoms with van der Waals surface area (Å²) >= 11 is 0. The number of urea groups is 1. The molecule has 0 radical (unpaired) electrons. The minimum atomic E-state index is -0.311. The summed E-state index contributed by atoms with van der Waals surface area (Å²) in [5.74, 6) is 1.66. The predicted octanol–water partition coefficient (Wildman–Crippen LogP) is 3.02. The van der Waals surface area contributed by atoms with Gasteiger partial charge in [-0.1, -0.05) is 12.1 Å². The lowest BCUT2D eigenvalue weighted by atomic mass is 10.2. The van der Waals surface area contributed by atoms with E-state index in [0.29, 0.717) is 24.9 Å². The van der Waals surface area contributed by atoms with Crippen molar-refractivity contribution >= 4 is 6.03 Å². The Morgan fingerprint density at radius 1 is 1.42 bits per heavy atom. The molecule has 7 heteroatoms. The van der Waals surface area contributed by atoms with Gasteiger partial charge >= 0.3 is 6.03 Å². The highest BCUT2D eigenvalue weighted by Gasteiger charge is 2.30. The number of pyridine rings is 1. The maximum atomic E-state index is 12.6.